The minimum absolute atomic E-state index is 0.0838. The summed E-state index contributed by atoms with van der Waals surface area (Å²) in [5, 5.41) is 6.58. The molecule has 7 heteroatoms. The average Bonchev–Trinajstić information content (AvgIpc) is 3.38. The van der Waals surface area contributed by atoms with Crippen molar-refractivity contribution >= 4 is 17.6 Å². The van der Waals surface area contributed by atoms with E-state index in [1.165, 1.54) is 12.1 Å². The number of likely N-dealkylation sites (tertiary alicyclic amines) is 1. The highest BCUT2D eigenvalue weighted by atomic mass is 19.1. The lowest BCUT2D eigenvalue weighted by Crippen LogP contribution is -2.49. The smallest absolute Gasteiger partial charge is 0.233 e. The summed E-state index contributed by atoms with van der Waals surface area (Å²) in [5.41, 5.74) is 0.351. The number of rotatable bonds is 4. The number of nitrogens with zero attached hydrogens (tertiary/aromatic N) is 2. The molecule has 0 atom stereocenters. The lowest BCUT2D eigenvalue weighted by atomic mass is 9.77. The number of anilines is 1. The van der Waals surface area contributed by atoms with Crippen LogP contribution in [0.3, 0.4) is 0 Å². The highest BCUT2D eigenvalue weighted by Crippen LogP contribution is 2.43. The third-order valence-electron chi connectivity index (χ3n) is 6.30. The third kappa shape index (κ3) is 3.91. The first-order valence-electron chi connectivity index (χ1n) is 10.3. The van der Waals surface area contributed by atoms with Gasteiger partial charge in [-0.1, -0.05) is 30.1 Å². The van der Waals surface area contributed by atoms with Crippen LogP contribution in [0.1, 0.15) is 49.8 Å². The van der Waals surface area contributed by atoms with Crippen molar-refractivity contribution in [2.24, 2.45) is 5.92 Å². The molecule has 1 saturated carbocycles. The van der Waals surface area contributed by atoms with Crippen molar-refractivity contribution in [3.63, 3.8) is 0 Å². The Hall–Kier alpha value is -2.70. The van der Waals surface area contributed by atoms with E-state index in [0.29, 0.717) is 37.5 Å². The second kappa shape index (κ2) is 7.97. The van der Waals surface area contributed by atoms with Crippen LogP contribution in [0.4, 0.5) is 10.2 Å². The molecule has 1 saturated heterocycles. The monoisotopic (exact) mass is 399 g/mol. The summed E-state index contributed by atoms with van der Waals surface area (Å²) in [4.78, 5) is 27.9. The Morgan fingerprint density at radius 3 is 2.41 bits per heavy atom. The number of aromatic nitrogens is 1. The molecule has 0 bridgehead atoms. The van der Waals surface area contributed by atoms with E-state index in [-0.39, 0.29) is 23.5 Å². The van der Waals surface area contributed by atoms with Crippen molar-refractivity contribution in [3.8, 4) is 0 Å². The molecule has 2 heterocycles. The summed E-state index contributed by atoms with van der Waals surface area (Å²) >= 11 is 0. The largest absolute Gasteiger partial charge is 0.360 e. The second-order valence-corrected chi connectivity index (χ2v) is 8.17. The number of hydrogen-bond donors (Lipinski definition) is 1. The van der Waals surface area contributed by atoms with Gasteiger partial charge in [0, 0.05) is 25.1 Å². The topological polar surface area (TPSA) is 75.4 Å². The van der Waals surface area contributed by atoms with Crippen molar-refractivity contribution in [2.75, 3.05) is 18.4 Å². The quantitative estimate of drug-likeness (QED) is 0.848. The molecule has 2 fully saturated rings. The van der Waals surface area contributed by atoms with Crippen molar-refractivity contribution in [1.29, 1.82) is 0 Å². The molecule has 0 radical (unpaired) electrons. The summed E-state index contributed by atoms with van der Waals surface area (Å²) in [6, 6.07) is 8.05. The Balaban J connectivity index is 1.41. The second-order valence-electron chi connectivity index (χ2n) is 8.17. The first kappa shape index (κ1) is 19.6. The Morgan fingerprint density at radius 1 is 1.17 bits per heavy atom. The van der Waals surface area contributed by atoms with Gasteiger partial charge >= 0.3 is 0 Å². The van der Waals surface area contributed by atoms with E-state index in [9.17, 15) is 14.0 Å². The van der Waals surface area contributed by atoms with Crippen LogP contribution in [-0.2, 0) is 15.0 Å². The van der Waals surface area contributed by atoms with E-state index < -0.39 is 5.41 Å². The lowest BCUT2D eigenvalue weighted by molar-refractivity contribution is -0.140. The molecule has 0 spiro atoms. The van der Waals surface area contributed by atoms with Crippen LogP contribution in [-0.4, -0.2) is 35.0 Å². The van der Waals surface area contributed by atoms with E-state index in [0.717, 1.165) is 31.2 Å². The van der Waals surface area contributed by atoms with Gasteiger partial charge in [-0.2, -0.15) is 0 Å². The fourth-order valence-corrected chi connectivity index (χ4v) is 4.67. The predicted octanol–water partition coefficient (Wildman–Crippen LogP) is 3.81. The maximum absolute atomic E-state index is 13.5. The number of benzene rings is 1. The molecule has 1 N–H and O–H groups in total. The molecule has 2 amide bonds. The lowest BCUT2D eigenvalue weighted by Gasteiger charge is -2.38. The Morgan fingerprint density at radius 2 is 1.83 bits per heavy atom. The van der Waals surface area contributed by atoms with Crippen molar-refractivity contribution in [2.45, 2.75) is 50.9 Å². The zero-order valence-electron chi connectivity index (χ0n) is 16.6. The average molecular weight is 399 g/mol. The molecule has 1 aromatic heterocycles. The zero-order valence-corrected chi connectivity index (χ0v) is 16.6. The molecule has 1 aliphatic heterocycles. The van der Waals surface area contributed by atoms with Crippen molar-refractivity contribution in [3.05, 3.63) is 47.5 Å². The van der Waals surface area contributed by atoms with Gasteiger partial charge in [0.2, 0.25) is 11.8 Å². The number of piperidine rings is 1. The van der Waals surface area contributed by atoms with Gasteiger partial charge in [0.1, 0.15) is 11.6 Å². The van der Waals surface area contributed by atoms with Crippen LogP contribution in [0.25, 0.3) is 0 Å². The number of amides is 2. The number of aryl methyl sites for hydroxylation is 1. The van der Waals surface area contributed by atoms with Gasteiger partial charge in [-0.15, -0.1) is 0 Å². The standard InChI is InChI=1S/C22H26FN3O3/c1-15-14-19(25-29-15)24-20(27)16-8-12-26(13-9-16)21(28)22(10-2-3-11-22)17-4-6-18(23)7-5-17/h4-7,14,16H,2-3,8-13H2,1H3,(H,24,25,27). The fourth-order valence-electron chi connectivity index (χ4n) is 4.67. The molecule has 154 valence electrons. The number of nitrogens with one attached hydrogen (secondary N) is 1. The molecule has 1 aromatic carbocycles. The number of carbonyl (C=O) groups excluding carboxylic acids is 2. The van der Waals surface area contributed by atoms with Crippen molar-refractivity contribution < 1.29 is 18.5 Å². The molecular formula is C22H26FN3O3. The summed E-state index contributed by atoms with van der Waals surface area (Å²) in [7, 11) is 0. The van der Waals surface area contributed by atoms with Crippen LogP contribution in [0.2, 0.25) is 0 Å². The molecule has 2 aromatic rings. The highest BCUT2D eigenvalue weighted by molar-refractivity contribution is 5.92. The fraction of sp³-hybridized carbons (Fsp3) is 0.500. The summed E-state index contributed by atoms with van der Waals surface area (Å²) in [5.74, 6) is 0.660. The highest BCUT2D eigenvalue weighted by Gasteiger charge is 2.45. The van der Waals surface area contributed by atoms with Crippen LogP contribution in [0.5, 0.6) is 0 Å². The van der Waals surface area contributed by atoms with Gasteiger partial charge in [0.25, 0.3) is 0 Å². The van der Waals surface area contributed by atoms with Crippen LogP contribution in [0, 0.1) is 18.7 Å². The first-order chi connectivity index (χ1) is 14.0. The van der Waals surface area contributed by atoms with Gasteiger partial charge in [0.15, 0.2) is 5.82 Å². The first-order valence-corrected chi connectivity index (χ1v) is 10.3. The molecule has 2 aliphatic rings. The third-order valence-corrected chi connectivity index (χ3v) is 6.30. The van der Waals surface area contributed by atoms with Crippen LogP contribution in [0.15, 0.2) is 34.9 Å². The van der Waals surface area contributed by atoms with Crippen molar-refractivity contribution in [1.82, 2.24) is 10.1 Å². The number of hydrogen-bond acceptors (Lipinski definition) is 4. The van der Waals surface area contributed by atoms with Gasteiger partial charge < -0.3 is 14.7 Å². The Labute approximate surface area is 169 Å². The molecule has 4 rings (SSSR count). The minimum Gasteiger partial charge on any atom is -0.360 e. The maximum Gasteiger partial charge on any atom is 0.233 e. The normalized spacial score (nSPS) is 19.3. The van der Waals surface area contributed by atoms with E-state index in [2.05, 4.69) is 10.5 Å². The Bertz CT molecular complexity index is 879. The number of carbonyl (C=O) groups is 2. The van der Waals surface area contributed by atoms with E-state index >= 15 is 0 Å². The van der Waals surface area contributed by atoms with Gasteiger partial charge in [-0.3, -0.25) is 9.59 Å². The van der Waals surface area contributed by atoms with E-state index in [1.54, 1.807) is 25.1 Å². The van der Waals surface area contributed by atoms with E-state index in [4.69, 9.17) is 4.52 Å². The van der Waals surface area contributed by atoms with Gasteiger partial charge in [-0.25, -0.2) is 4.39 Å². The SMILES string of the molecule is Cc1cc(NC(=O)C2CCN(C(=O)C3(c4ccc(F)cc4)CCCC3)CC2)no1. The molecule has 29 heavy (non-hydrogen) atoms. The molecular weight excluding hydrogens is 373 g/mol. The zero-order chi connectivity index (χ0) is 20.4. The molecule has 1 aliphatic carbocycles. The van der Waals surface area contributed by atoms with Gasteiger partial charge in [-0.05, 0) is 50.3 Å². The van der Waals surface area contributed by atoms with Crippen LogP contribution >= 0.6 is 0 Å². The minimum atomic E-state index is -0.555. The summed E-state index contributed by atoms with van der Waals surface area (Å²) < 4.78 is 18.4. The molecule has 6 nitrogen and oxygen atoms in total. The Kier molecular flexibility index (Phi) is 5.39. The van der Waals surface area contributed by atoms with E-state index in [1.807, 2.05) is 4.90 Å². The summed E-state index contributed by atoms with van der Waals surface area (Å²) in [6.07, 6.45) is 4.83. The van der Waals surface area contributed by atoms with Gasteiger partial charge in [0.05, 0.1) is 5.41 Å². The van der Waals surface area contributed by atoms with Crippen LogP contribution < -0.4 is 5.32 Å². The molecule has 0 unspecified atom stereocenters. The predicted molar refractivity (Wildman–Crippen MR) is 106 cm³/mol. The number of halogens is 1. The summed E-state index contributed by atoms with van der Waals surface area (Å²) in [6.45, 7) is 2.88. The maximum atomic E-state index is 13.5.